The number of rotatable bonds is 4. The molecule has 8 heteroatoms. The van der Waals surface area contributed by atoms with E-state index in [0.717, 1.165) is 29.8 Å². The van der Waals surface area contributed by atoms with Gasteiger partial charge >= 0.3 is 0 Å². The predicted octanol–water partition coefficient (Wildman–Crippen LogP) is 4.04. The summed E-state index contributed by atoms with van der Waals surface area (Å²) >= 11 is 7.59. The highest BCUT2D eigenvalue weighted by molar-refractivity contribution is 8.00. The first kappa shape index (κ1) is 20.8. The molecule has 1 N–H and O–H groups in total. The van der Waals surface area contributed by atoms with Gasteiger partial charge in [0.25, 0.3) is 5.91 Å². The fraction of sp³-hybridized carbons (Fsp3) is 0.318. The first-order chi connectivity index (χ1) is 14.5. The van der Waals surface area contributed by atoms with Crippen molar-refractivity contribution in [1.29, 1.82) is 0 Å². The summed E-state index contributed by atoms with van der Waals surface area (Å²) in [5.74, 6) is -0.317. The summed E-state index contributed by atoms with van der Waals surface area (Å²) in [5, 5.41) is 3.23. The van der Waals surface area contributed by atoms with Crippen molar-refractivity contribution in [3.63, 3.8) is 0 Å². The summed E-state index contributed by atoms with van der Waals surface area (Å²) in [6, 6.07) is 12.4. The fourth-order valence-electron chi connectivity index (χ4n) is 3.73. The number of amides is 3. The maximum Gasteiger partial charge on any atom is 0.255 e. The first-order valence-electron chi connectivity index (χ1n) is 9.94. The van der Waals surface area contributed by atoms with Crippen LogP contribution in [-0.4, -0.2) is 48.0 Å². The van der Waals surface area contributed by atoms with Crippen molar-refractivity contribution in [3.05, 3.63) is 53.1 Å². The molecule has 0 radical (unpaired) electrons. The minimum Gasteiger partial charge on any atom is -0.339 e. The van der Waals surface area contributed by atoms with Gasteiger partial charge in [0.2, 0.25) is 11.8 Å². The van der Waals surface area contributed by atoms with Crippen LogP contribution in [0.1, 0.15) is 29.6 Å². The molecule has 30 heavy (non-hydrogen) atoms. The molecule has 0 spiro atoms. The van der Waals surface area contributed by atoms with E-state index in [1.165, 1.54) is 16.7 Å². The zero-order valence-corrected chi connectivity index (χ0v) is 18.0. The van der Waals surface area contributed by atoms with Crippen LogP contribution < -0.4 is 10.2 Å². The van der Waals surface area contributed by atoms with Gasteiger partial charge in [0.1, 0.15) is 6.54 Å². The van der Waals surface area contributed by atoms with E-state index in [-0.39, 0.29) is 24.3 Å². The van der Waals surface area contributed by atoms with Crippen LogP contribution >= 0.6 is 23.4 Å². The Morgan fingerprint density at radius 3 is 2.63 bits per heavy atom. The summed E-state index contributed by atoms with van der Waals surface area (Å²) in [6.07, 6.45) is 3.09. The molecule has 3 amide bonds. The lowest BCUT2D eigenvalue weighted by atomic mass is 10.1. The number of carbonyl (C=O) groups excluding carboxylic acids is 3. The van der Waals surface area contributed by atoms with Gasteiger partial charge in [0.15, 0.2) is 0 Å². The topological polar surface area (TPSA) is 69.7 Å². The van der Waals surface area contributed by atoms with E-state index in [0.29, 0.717) is 35.1 Å². The van der Waals surface area contributed by atoms with Crippen molar-refractivity contribution < 1.29 is 14.4 Å². The lowest BCUT2D eigenvalue weighted by Crippen LogP contribution is -2.41. The smallest absolute Gasteiger partial charge is 0.255 e. The van der Waals surface area contributed by atoms with E-state index in [9.17, 15) is 14.4 Å². The van der Waals surface area contributed by atoms with Crippen molar-refractivity contribution >= 4 is 52.5 Å². The molecule has 1 saturated heterocycles. The Labute approximate surface area is 184 Å². The predicted molar refractivity (Wildman–Crippen MR) is 119 cm³/mol. The van der Waals surface area contributed by atoms with Gasteiger partial charge in [-0.1, -0.05) is 23.7 Å². The first-order valence-corrected chi connectivity index (χ1v) is 11.3. The van der Waals surface area contributed by atoms with E-state index in [1.54, 1.807) is 18.2 Å². The number of carbonyl (C=O) groups is 3. The second-order valence-electron chi connectivity index (χ2n) is 7.33. The van der Waals surface area contributed by atoms with E-state index >= 15 is 0 Å². The van der Waals surface area contributed by atoms with Crippen LogP contribution in [0.15, 0.2) is 47.4 Å². The van der Waals surface area contributed by atoms with Gasteiger partial charge in [-0.3, -0.25) is 14.4 Å². The van der Waals surface area contributed by atoms with Crippen LogP contribution in [0, 0.1) is 0 Å². The molecule has 2 aliphatic heterocycles. The van der Waals surface area contributed by atoms with Crippen molar-refractivity contribution in [3.8, 4) is 0 Å². The number of likely N-dealkylation sites (tertiary alicyclic amines) is 1. The molecule has 156 valence electrons. The van der Waals surface area contributed by atoms with Crippen LogP contribution in [0.2, 0.25) is 5.02 Å². The quantitative estimate of drug-likeness (QED) is 0.774. The summed E-state index contributed by atoms with van der Waals surface area (Å²) in [7, 11) is 0. The Morgan fingerprint density at radius 2 is 1.83 bits per heavy atom. The van der Waals surface area contributed by atoms with E-state index in [4.69, 9.17) is 11.6 Å². The van der Waals surface area contributed by atoms with E-state index < -0.39 is 0 Å². The van der Waals surface area contributed by atoms with Gasteiger partial charge in [-0.15, -0.1) is 11.8 Å². The van der Waals surface area contributed by atoms with Crippen LogP contribution in [0.5, 0.6) is 0 Å². The largest absolute Gasteiger partial charge is 0.339 e. The van der Waals surface area contributed by atoms with Gasteiger partial charge in [-0.2, -0.15) is 0 Å². The van der Waals surface area contributed by atoms with Gasteiger partial charge in [-0.25, -0.2) is 0 Å². The Balaban J connectivity index is 1.53. The number of thioether (sulfide) groups is 1. The maximum atomic E-state index is 13.0. The van der Waals surface area contributed by atoms with Gasteiger partial charge in [0, 0.05) is 23.0 Å². The molecule has 0 atom stereocenters. The molecular formula is C22H22ClN3O3S. The molecule has 4 rings (SSSR count). The maximum absolute atomic E-state index is 13.0. The average molecular weight is 444 g/mol. The van der Waals surface area contributed by atoms with Gasteiger partial charge < -0.3 is 15.1 Å². The normalized spacial score (nSPS) is 16.2. The molecule has 0 saturated carbocycles. The minimum absolute atomic E-state index is 0.113. The molecule has 2 aromatic carbocycles. The Hall–Kier alpha value is -2.51. The van der Waals surface area contributed by atoms with Crippen molar-refractivity contribution in [2.24, 2.45) is 0 Å². The number of para-hydroxylation sites is 1. The molecule has 0 aliphatic carbocycles. The molecule has 0 aromatic heterocycles. The number of hydrogen-bond donors (Lipinski definition) is 1. The third-order valence-electron chi connectivity index (χ3n) is 5.24. The van der Waals surface area contributed by atoms with Crippen LogP contribution in [0.25, 0.3) is 0 Å². The number of nitrogens with one attached hydrogen (secondary N) is 1. The third-order valence-corrected chi connectivity index (χ3v) is 6.52. The molecule has 0 unspecified atom stereocenters. The molecular weight excluding hydrogens is 422 g/mol. The number of piperidine rings is 1. The molecule has 2 aliphatic rings. The van der Waals surface area contributed by atoms with Crippen LogP contribution in [-0.2, 0) is 9.59 Å². The minimum atomic E-state index is -0.375. The number of anilines is 2. The molecule has 6 nitrogen and oxygen atoms in total. The van der Waals surface area contributed by atoms with Crippen molar-refractivity contribution in [2.75, 3.05) is 35.6 Å². The molecule has 2 aromatic rings. The van der Waals surface area contributed by atoms with E-state index in [2.05, 4.69) is 5.32 Å². The number of fused-ring (bicyclic) bond motifs is 1. The third kappa shape index (κ3) is 4.47. The average Bonchev–Trinajstić information content (AvgIpc) is 2.76. The summed E-state index contributed by atoms with van der Waals surface area (Å²) in [4.78, 5) is 42.5. The Morgan fingerprint density at radius 1 is 1.07 bits per heavy atom. The van der Waals surface area contributed by atoms with Crippen LogP contribution in [0.3, 0.4) is 0 Å². The van der Waals surface area contributed by atoms with Crippen molar-refractivity contribution in [1.82, 2.24) is 4.90 Å². The number of hydrogen-bond acceptors (Lipinski definition) is 4. The summed E-state index contributed by atoms with van der Waals surface area (Å²) in [5.41, 5.74) is 1.51. The number of nitrogens with zero attached hydrogens (tertiary/aromatic N) is 2. The monoisotopic (exact) mass is 443 g/mol. The second-order valence-corrected chi connectivity index (χ2v) is 8.78. The highest BCUT2D eigenvalue weighted by Crippen LogP contribution is 2.34. The summed E-state index contributed by atoms with van der Waals surface area (Å²) < 4.78 is 0. The lowest BCUT2D eigenvalue weighted by molar-refractivity contribution is -0.120. The molecule has 0 bridgehead atoms. The summed E-state index contributed by atoms with van der Waals surface area (Å²) in [6.45, 7) is 1.30. The lowest BCUT2D eigenvalue weighted by Gasteiger charge is -2.29. The Kier molecular flexibility index (Phi) is 6.29. The van der Waals surface area contributed by atoms with Crippen LogP contribution in [0.4, 0.5) is 11.4 Å². The van der Waals surface area contributed by atoms with E-state index in [1.807, 2.05) is 29.2 Å². The highest BCUT2D eigenvalue weighted by Gasteiger charge is 2.27. The molecule has 1 fully saturated rings. The number of benzene rings is 2. The zero-order valence-electron chi connectivity index (χ0n) is 16.4. The fourth-order valence-corrected chi connectivity index (χ4v) is 4.84. The SMILES string of the molecule is O=C(CN1C(=O)CSc2ccccc21)Nc1cc(Cl)ccc1C(=O)N1CCCCC1. The van der Waals surface area contributed by atoms with Gasteiger partial charge in [-0.05, 0) is 49.6 Å². The van der Waals surface area contributed by atoms with Gasteiger partial charge in [0.05, 0.1) is 22.7 Å². The second kappa shape index (κ2) is 9.10. The number of halogens is 1. The standard InChI is InChI=1S/C22H22ClN3O3S/c23-15-8-9-16(22(29)25-10-4-1-5-11-25)17(12-15)24-20(27)13-26-18-6-2-3-7-19(18)30-14-21(26)28/h2-3,6-9,12H,1,4-5,10-11,13-14H2,(H,24,27). The zero-order chi connectivity index (χ0) is 21.1. The molecule has 2 heterocycles. The highest BCUT2D eigenvalue weighted by atomic mass is 35.5. The Bertz CT molecular complexity index is 991. The van der Waals surface area contributed by atoms with Crippen molar-refractivity contribution in [2.45, 2.75) is 24.2 Å².